The molecule has 2 aromatic carbocycles. The Morgan fingerprint density at radius 3 is 2.45 bits per heavy atom. The van der Waals surface area contributed by atoms with Crippen LogP contribution in [0.4, 0.5) is 10.5 Å². The highest BCUT2D eigenvalue weighted by Crippen LogP contribution is 2.17. The molecule has 2 amide bonds. The van der Waals surface area contributed by atoms with Crippen LogP contribution in [0, 0.1) is 0 Å². The van der Waals surface area contributed by atoms with Crippen molar-refractivity contribution in [3.05, 3.63) is 84.2 Å². The van der Waals surface area contributed by atoms with Gasteiger partial charge in [0.25, 0.3) is 0 Å². The molecule has 1 aromatic heterocycles. The van der Waals surface area contributed by atoms with Gasteiger partial charge in [0.05, 0.1) is 13.2 Å². The fourth-order valence-electron chi connectivity index (χ4n) is 3.53. The summed E-state index contributed by atoms with van der Waals surface area (Å²) in [5, 5.41) is 3.04. The number of nitrogens with zero attached hydrogens (tertiary/aromatic N) is 2. The second kappa shape index (κ2) is 11.8. The van der Waals surface area contributed by atoms with Crippen LogP contribution in [0.1, 0.15) is 44.4 Å². The second-order valence-electron chi connectivity index (χ2n) is 7.63. The lowest BCUT2D eigenvalue weighted by Gasteiger charge is -2.24. The minimum absolute atomic E-state index is 0.0762. The minimum atomic E-state index is -0.0762. The first-order valence-corrected chi connectivity index (χ1v) is 11.2. The first kappa shape index (κ1) is 22.5. The summed E-state index contributed by atoms with van der Waals surface area (Å²) < 4.78 is 7.70. The van der Waals surface area contributed by atoms with Crippen LogP contribution in [0.2, 0.25) is 0 Å². The summed E-state index contributed by atoms with van der Waals surface area (Å²) in [6.45, 7) is 6.86. The maximum absolute atomic E-state index is 13.1. The molecule has 5 nitrogen and oxygen atoms in total. The molecule has 3 aromatic rings. The van der Waals surface area contributed by atoms with Crippen molar-refractivity contribution in [2.45, 2.75) is 46.2 Å². The smallest absolute Gasteiger partial charge is 0.322 e. The Hall–Kier alpha value is -3.21. The Morgan fingerprint density at radius 1 is 0.968 bits per heavy atom. The largest absolute Gasteiger partial charge is 0.494 e. The van der Waals surface area contributed by atoms with Gasteiger partial charge in [0.1, 0.15) is 5.75 Å². The van der Waals surface area contributed by atoms with Gasteiger partial charge in [-0.15, -0.1) is 0 Å². The fraction of sp³-hybridized carbons (Fsp3) is 0.346. The van der Waals surface area contributed by atoms with E-state index in [1.807, 2.05) is 48.2 Å². The van der Waals surface area contributed by atoms with Crippen molar-refractivity contribution >= 4 is 11.7 Å². The first-order chi connectivity index (χ1) is 15.2. The highest BCUT2D eigenvalue weighted by atomic mass is 16.5. The number of hydrogen-bond acceptors (Lipinski definition) is 2. The number of aromatic nitrogens is 1. The number of ether oxygens (including phenoxy) is 1. The van der Waals surface area contributed by atoms with Crippen LogP contribution in [-0.2, 0) is 13.1 Å². The van der Waals surface area contributed by atoms with E-state index in [-0.39, 0.29) is 6.03 Å². The predicted molar refractivity (Wildman–Crippen MR) is 127 cm³/mol. The molecule has 0 aliphatic rings. The van der Waals surface area contributed by atoms with Crippen molar-refractivity contribution in [2.75, 3.05) is 18.5 Å². The molecule has 31 heavy (non-hydrogen) atoms. The number of carbonyl (C=O) groups is 1. The van der Waals surface area contributed by atoms with Gasteiger partial charge >= 0.3 is 6.03 Å². The number of unbranched alkanes of at least 4 members (excludes halogenated alkanes) is 2. The molecule has 0 fully saturated rings. The van der Waals surface area contributed by atoms with E-state index in [1.165, 1.54) is 5.56 Å². The van der Waals surface area contributed by atoms with Crippen molar-refractivity contribution in [1.29, 1.82) is 0 Å². The molecular formula is C26H33N3O2. The molecule has 0 spiro atoms. The van der Waals surface area contributed by atoms with E-state index in [2.05, 4.69) is 53.3 Å². The van der Waals surface area contributed by atoms with Crippen molar-refractivity contribution in [2.24, 2.45) is 0 Å². The molecule has 0 aliphatic carbocycles. The zero-order valence-corrected chi connectivity index (χ0v) is 18.6. The highest BCUT2D eigenvalue weighted by Gasteiger charge is 2.16. The van der Waals surface area contributed by atoms with Gasteiger partial charge in [0, 0.05) is 30.7 Å². The fourth-order valence-corrected chi connectivity index (χ4v) is 3.53. The molecule has 0 aliphatic heterocycles. The number of hydrogen-bond donors (Lipinski definition) is 1. The van der Waals surface area contributed by atoms with Crippen LogP contribution in [0.5, 0.6) is 5.75 Å². The quantitative estimate of drug-likeness (QED) is 0.378. The summed E-state index contributed by atoms with van der Waals surface area (Å²) in [6.07, 6.45) is 5.31. The summed E-state index contributed by atoms with van der Waals surface area (Å²) in [5.41, 5.74) is 3.15. The Labute approximate surface area is 185 Å². The molecule has 5 heteroatoms. The van der Waals surface area contributed by atoms with Gasteiger partial charge in [-0.25, -0.2) is 4.79 Å². The summed E-state index contributed by atoms with van der Waals surface area (Å²) >= 11 is 0. The van der Waals surface area contributed by atoms with E-state index < -0.39 is 0 Å². The number of amides is 2. The molecule has 1 heterocycles. The lowest BCUT2D eigenvalue weighted by molar-refractivity contribution is 0.206. The third-order valence-electron chi connectivity index (χ3n) is 5.21. The van der Waals surface area contributed by atoms with Crippen molar-refractivity contribution in [1.82, 2.24) is 9.47 Å². The molecule has 0 unspecified atom stereocenters. The lowest BCUT2D eigenvalue weighted by atomic mass is 10.2. The Bertz CT molecular complexity index is 919. The van der Waals surface area contributed by atoms with E-state index in [0.717, 1.165) is 49.5 Å². The minimum Gasteiger partial charge on any atom is -0.494 e. The summed E-state index contributed by atoms with van der Waals surface area (Å²) in [5.74, 6) is 0.805. The summed E-state index contributed by atoms with van der Waals surface area (Å²) in [7, 11) is 0. The summed E-state index contributed by atoms with van der Waals surface area (Å²) in [6, 6.07) is 22.0. The van der Waals surface area contributed by atoms with E-state index in [1.54, 1.807) is 0 Å². The normalized spacial score (nSPS) is 10.6. The van der Waals surface area contributed by atoms with Gasteiger partial charge < -0.3 is 19.5 Å². The number of nitrogens with one attached hydrogen (secondary N) is 1. The van der Waals surface area contributed by atoms with Gasteiger partial charge in [0.2, 0.25) is 0 Å². The molecule has 1 N–H and O–H groups in total. The number of benzene rings is 2. The van der Waals surface area contributed by atoms with E-state index >= 15 is 0 Å². The zero-order valence-electron chi connectivity index (χ0n) is 18.6. The predicted octanol–water partition coefficient (Wildman–Crippen LogP) is 6.16. The van der Waals surface area contributed by atoms with Gasteiger partial charge in [0.15, 0.2) is 0 Å². The van der Waals surface area contributed by atoms with Crippen LogP contribution in [0.15, 0.2) is 72.9 Å². The van der Waals surface area contributed by atoms with Crippen molar-refractivity contribution < 1.29 is 9.53 Å². The molecule has 0 bridgehead atoms. The topological polar surface area (TPSA) is 46.5 Å². The van der Waals surface area contributed by atoms with Crippen LogP contribution in [0.25, 0.3) is 0 Å². The first-order valence-electron chi connectivity index (χ1n) is 11.2. The Morgan fingerprint density at radius 2 is 1.74 bits per heavy atom. The maximum atomic E-state index is 13.1. The molecule has 0 saturated carbocycles. The number of rotatable bonds is 11. The SMILES string of the molecule is CCCCCN(Cc1cccn1Cc1ccccc1)C(=O)Nc1ccc(OCC)cc1. The molecular weight excluding hydrogens is 386 g/mol. The molecule has 0 saturated heterocycles. The van der Waals surface area contributed by atoms with Crippen LogP contribution >= 0.6 is 0 Å². The van der Waals surface area contributed by atoms with Gasteiger partial charge in [-0.3, -0.25) is 0 Å². The van der Waals surface area contributed by atoms with E-state index in [0.29, 0.717) is 13.2 Å². The average Bonchev–Trinajstić information content (AvgIpc) is 3.22. The standard InChI is InChI=1S/C26H33N3O2/c1-3-5-9-18-29(26(30)27-23-14-16-25(17-15-23)31-4-2)21-24-13-10-19-28(24)20-22-11-7-6-8-12-22/h6-8,10-17,19H,3-5,9,18,20-21H2,1-2H3,(H,27,30). The second-order valence-corrected chi connectivity index (χ2v) is 7.63. The Balaban J connectivity index is 1.69. The van der Waals surface area contributed by atoms with E-state index in [4.69, 9.17) is 4.74 Å². The van der Waals surface area contributed by atoms with Crippen LogP contribution < -0.4 is 10.1 Å². The molecule has 164 valence electrons. The maximum Gasteiger partial charge on any atom is 0.322 e. The third-order valence-corrected chi connectivity index (χ3v) is 5.21. The average molecular weight is 420 g/mol. The Kier molecular flexibility index (Phi) is 8.59. The zero-order chi connectivity index (χ0) is 21.9. The van der Waals surface area contributed by atoms with E-state index in [9.17, 15) is 4.79 Å². The monoisotopic (exact) mass is 419 g/mol. The number of urea groups is 1. The molecule has 0 atom stereocenters. The van der Waals surface area contributed by atoms with Gasteiger partial charge in [-0.2, -0.15) is 0 Å². The number of anilines is 1. The van der Waals surface area contributed by atoms with Crippen LogP contribution in [0.3, 0.4) is 0 Å². The molecule has 0 radical (unpaired) electrons. The molecule has 3 rings (SSSR count). The number of carbonyl (C=O) groups excluding carboxylic acids is 1. The van der Waals surface area contributed by atoms with Crippen molar-refractivity contribution in [3.63, 3.8) is 0 Å². The van der Waals surface area contributed by atoms with Gasteiger partial charge in [-0.1, -0.05) is 50.1 Å². The van der Waals surface area contributed by atoms with Crippen LogP contribution in [-0.4, -0.2) is 28.6 Å². The van der Waals surface area contributed by atoms with Gasteiger partial charge in [-0.05, 0) is 55.3 Å². The third kappa shape index (κ3) is 6.92. The summed E-state index contributed by atoms with van der Waals surface area (Å²) in [4.78, 5) is 15.0. The van der Waals surface area contributed by atoms with Crippen molar-refractivity contribution in [3.8, 4) is 5.75 Å². The lowest BCUT2D eigenvalue weighted by Crippen LogP contribution is -2.36. The highest BCUT2D eigenvalue weighted by molar-refractivity contribution is 5.89.